The van der Waals surface area contributed by atoms with Crippen molar-refractivity contribution in [1.82, 2.24) is 9.47 Å². The Morgan fingerprint density at radius 3 is 2.43 bits per heavy atom. The molecule has 1 saturated heterocycles. The lowest BCUT2D eigenvalue weighted by Crippen LogP contribution is -2.50. The molecule has 7 nitrogen and oxygen atoms in total. The molecule has 2 aromatic carbocycles. The number of anilines is 1. The fourth-order valence-electron chi connectivity index (χ4n) is 4.83. The number of carbonyl (C=O) groups excluding carboxylic acids is 1. The van der Waals surface area contributed by atoms with Crippen molar-refractivity contribution < 1.29 is 18.7 Å². The van der Waals surface area contributed by atoms with E-state index in [1.807, 2.05) is 40.7 Å². The lowest BCUT2D eigenvalue weighted by molar-refractivity contribution is 0.0731. The standard InChI is InChI=1S/C27H28FN3O4/c1-18-15-23(32)26(19(2)31(18)16-20-17-34-24-9-5-6-10-25(24)35-20)27(33)30-13-11-29(12-14-30)22-8-4-3-7-21(22)28/h3-10,15,20H,11-14,16-17H2,1-2H3. The first-order chi connectivity index (χ1) is 16.9. The molecule has 2 aliphatic rings. The summed E-state index contributed by atoms with van der Waals surface area (Å²) in [4.78, 5) is 29.9. The number of benzene rings is 2. The molecular weight excluding hydrogens is 449 g/mol. The third-order valence-corrected chi connectivity index (χ3v) is 6.71. The number of carbonyl (C=O) groups is 1. The molecule has 1 fully saturated rings. The Kier molecular flexibility index (Phi) is 6.19. The van der Waals surface area contributed by atoms with Gasteiger partial charge >= 0.3 is 0 Å². The van der Waals surface area contributed by atoms with Crippen molar-refractivity contribution in [2.45, 2.75) is 26.5 Å². The molecular formula is C27H28FN3O4. The molecule has 182 valence electrons. The number of amides is 1. The first-order valence-corrected chi connectivity index (χ1v) is 11.8. The average molecular weight is 478 g/mol. The number of nitrogens with zero attached hydrogens (tertiary/aromatic N) is 3. The lowest BCUT2D eigenvalue weighted by Gasteiger charge is -2.36. The Hall–Kier alpha value is -3.81. The van der Waals surface area contributed by atoms with Gasteiger partial charge in [0, 0.05) is 43.6 Å². The van der Waals surface area contributed by atoms with Crippen molar-refractivity contribution in [1.29, 1.82) is 0 Å². The zero-order valence-electron chi connectivity index (χ0n) is 19.9. The molecule has 3 heterocycles. The molecule has 0 bridgehead atoms. The summed E-state index contributed by atoms with van der Waals surface area (Å²) in [6.45, 7) is 6.31. The molecule has 2 aliphatic heterocycles. The quantitative estimate of drug-likeness (QED) is 0.576. The second-order valence-corrected chi connectivity index (χ2v) is 8.95. The van der Waals surface area contributed by atoms with Crippen molar-refractivity contribution in [2.75, 3.05) is 37.7 Å². The Labute approximate surface area is 203 Å². The largest absolute Gasteiger partial charge is 0.486 e. The highest BCUT2D eigenvalue weighted by molar-refractivity contribution is 5.95. The molecule has 35 heavy (non-hydrogen) atoms. The van der Waals surface area contributed by atoms with E-state index >= 15 is 0 Å². The molecule has 1 unspecified atom stereocenters. The van der Waals surface area contributed by atoms with Crippen LogP contribution in [-0.2, 0) is 6.54 Å². The first-order valence-electron chi connectivity index (χ1n) is 11.8. The van der Waals surface area contributed by atoms with Crippen molar-refractivity contribution in [3.63, 3.8) is 0 Å². The first kappa shape index (κ1) is 23.0. The zero-order chi connectivity index (χ0) is 24.5. The van der Waals surface area contributed by atoms with Gasteiger partial charge in [0.05, 0.1) is 12.2 Å². The maximum atomic E-state index is 14.2. The van der Waals surface area contributed by atoms with Crippen LogP contribution in [0.1, 0.15) is 21.7 Å². The van der Waals surface area contributed by atoms with E-state index in [0.717, 1.165) is 5.69 Å². The number of pyridine rings is 1. The van der Waals surface area contributed by atoms with Crippen molar-refractivity contribution in [2.24, 2.45) is 0 Å². The molecule has 5 rings (SSSR count). The maximum Gasteiger partial charge on any atom is 0.259 e. The van der Waals surface area contributed by atoms with Gasteiger partial charge in [0.2, 0.25) is 0 Å². The third kappa shape index (κ3) is 4.48. The highest BCUT2D eigenvalue weighted by Crippen LogP contribution is 2.31. The second-order valence-electron chi connectivity index (χ2n) is 8.95. The van der Waals surface area contributed by atoms with Gasteiger partial charge in [-0.15, -0.1) is 0 Å². The normalized spacial score (nSPS) is 17.4. The number of fused-ring (bicyclic) bond motifs is 1. The van der Waals surface area contributed by atoms with Gasteiger partial charge in [-0.1, -0.05) is 24.3 Å². The fourth-order valence-corrected chi connectivity index (χ4v) is 4.83. The predicted octanol–water partition coefficient (Wildman–Crippen LogP) is 3.41. The summed E-state index contributed by atoms with van der Waals surface area (Å²) in [6, 6.07) is 15.7. The SMILES string of the molecule is Cc1cc(=O)c(C(=O)N2CCN(c3ccccc3F)CC2)c(C)n1CC1COc2ccccc2O1. The number of ether oxygens (including phenoxy) is 2. The van der Waals surface area contributed by atoms with Crippen LogP contribution in [0.25, 0.3) is 0 Å². The van der Waals surface area contributed by atoms with Gasteiger partial charge in [-0.2, -0.15) is 0 Å². The van der Waals surface area contributed by atoms with E-state index in [4.69, 9.17) is 9.47 Å². The van der Waals surface area contributed by atoms with Crippen LogP contribution in [-0.4, -0.2) is 54.3 Å². The van der Waals surface area contributed by atoms with Gasteiger partial charge < -0.3 is 23.8 Å². The van der Waals surface area contributed by atoms with Gasteiger partial charge in [-0.3, -0.25) is 9.59 Å². The van der Waals surface area contributed by atoms with Gasteiger partial charge in [-0.05, 0) is 38.1 Å². The van der Waals surface area contributed by atoms with E-state index in [2.05, 4.69) is 0 Å². The smallest absolute Gasteiger partial charge is 0.259 e. The van der Waals surface area contributed by atoms with E-state index in [1.165, 1.54) is 12.1 Å². The van der Waals surface area contributed by atoms with Crippen LogP contribution in [0.4, 0.5) is 10.1 Å². The minimum Gasteiger partial charge on any atom is -0.486 e. The number of aromatic nitrogens is 1. The van der Waals surface area contributed by atoms with Crippen molar-refractivity contribution in [3.05, 3.63) is 87.6 Å². The molecule has 0 aliphatic carbocycles. The Morgan fingerprint density at radius 1 is 1.00 bits per heavy atom. The summed E-state index contributed by atoms with van der Waals surface area (Å²) < 4.78 is 28.1. The number of piperazine rings is 1. The Balaban J connectivity index is 1.33. The molecule has 1 aromatic heterocycles. The molecule has 3 aromatic rings. The van der Waals surface area contributed by atoms with E-state index < -0.39 is 0 Å². The van der Waals surface area contributed by atoms with E-state index in [0.29, 0.717) is 62.2 Å². The van der Waals surface area contributed by atoms with E-state index in [1.54, 1.807) is 30.0 Å². The van der Waals surface area contributed by atoms with Crippen LogP contribution in [0.5, 0.6) is 11.5 Å². The summed E-state index contributed by atoms with van der Waals surface area (Å²) in [7, 11) is 0. The van der Waals surface area contributed by atoms with Crippen LogP contribution in [0, 0.1) is 19.7 Å². The minimum atomic E-state index is -0.291. The molecule has 0 saturated carbocycles. The van der Waals surface area contributed by atoms with Gasteiger partial charge in [0.25, 0.3) is 5.91 Å². The van der Waals surface area contributed by atoms with Crippen LogP contribution in [0.2, 0.25) is 0 Å². The summed E-state index contributed by atoms with van der Waals surface area (Å²) in [5, 5.41) is 0. The highest BCUT2D eigenvalue weighted by atomic mass is 19.1. The third-order valence-electron chi connectivity index (χ3n) is 6.71. The topological polar surface area (TPSA) is 64.0 Å². The van der Waals surface area contributed by atoms with E-state index in [9.17, 15) is 14.0 Å². The van der Waals surface area contributed by atoms with Crippen LogP contribution in [0.15, 0.2) is 59.4 Å². The number of halogens is 1. The molecule has 0 radical (unpaired) electrons. The van der Waals surface area contributed by atoms with Crippen molar-refractivity contribution in [3.8, 4) is 11.5 Å². The summed E-state index contributed by atoms with van der Waals surface area (Å²) >= 11 is 0. The number of para-hydroxylation sites is 3. The number of hydrogen-bond acceptors (Lipinski definition) is 5. The second kappa shape index (κ2) is 9.44. The van der Waals surface area contributed by atoms with E-state index in [-0.39, 0.29) is 28.8 Å². The van der Waals surface area contributed by atoms with Crippen LogP contribution in [0.3, 0.4) is 0 Å². The minimum absolute atomic E-state index is 0.173. The number of rotatable bonds is 4. The van der Waals surface area contributed by atoms with Gasteiger partial charge in [0.15, 0.2) is 23.0 Å². The van der Waals surface area contributed by atoms with Crippen LogP contribution < -0.4 is 19.8 Å². The predicted molar refractivity (Wildman–Crippen MR) is 131 cm³/mol. The molecule has 0 spiro atoms. The highest BCUT2D eigenvalue weighted by Gasteiger charge is 2.28. The lowest BCUT2D eigenvalue weighted by atomic mass is 10.1. The molecule has 1 amide bonds. The number of aryl methyl sites for hydroxylation is 1. The fraction of sp³-hybridized carbons (Fsp3) is 0.333. The molecule has 0 N–H and O–H groups in total. The maximum absolute atomic E-state index is 14.2. The van der Waals surface area contributed by atoms with Gasteiger partial charge in [0.1, 0.15) is 18.0 Å². The Morgan fingerprint density at radius 2 is 1.69 bits per heavy atom. The average Bonchev–Trinajstić information content (AvgIpc) is 2.86. The summed E-state index contributed by atoms with van der Waals surface area (Å²) in [5.41, 5.74) is 1.79. The molecule has 1 atom stereocenters. The zero-order valence-corrected chi connectivity index (χ0v) is 19.9. The monoisotopic (exact) mass is 477 g/mol. The summed E-state index contributed by atoms with van der Waals surface area (Å²) in [6.07, 6.45) is -0.253. The number of hydrogen-bond donors (Lipinski definition) is 0. The molecule has 8 heteroatoms. The summed E-state index contributed by atoms with van der Waals surface area (Å²) in [5.74, 6) is 0.827. The van der Waals surface area contributed by atoms with Crippen LogP contribution >= 0.6 is 0 Å². The Bertz CT molecular complexity index is 1310. The van der Waals surface area contributed by atoms with Gasteiger partial charge in [-0.25, -0.2) is 4.39 Å². The van der Waals surface area contributed by atoms with Crippen molar-refractivity contribution >= 4 is 11.6 Å².